The molecule has 0 fully saturated rings. The molecule has 0 heterocycles. The quantitative estimate of drug-likeness (QED) is 0.815. The van der Waals surface area contributed by atoms with E-state index in [4.69, 9.17) is 5.11 Å². The first kappa shape index (κ1) is 15.2. The van der Waals surface area contributed by atoms with Gasteiger partial charge in [-0.15, -0.1) is 0 Å². The SMILES string of the molecule is CCN(C(=O)CN[C@@H](C)C(=O)O)c1ccccc1C. The number of hydrogen-bond donors (Lipinski definition) is 2. The first-order valence-electron chi connectivity index (χ1n) is 6.29. The van der Waals surface area contributed by atoms with Gasteiger partial charge in [0, 0.05) is 12.2 Å². The molecule has 0 spiro atoms. The number of carboxylic acid groups (broad SMARTS) is 1. The molecule has 0 aliphatic heterocycles. The van der Waals surface area contributed by atoms with Crippen molar-refractivity contribution in [3.63, 3.8) is 0 Å². The molecule has 1 aromatic carbocycles. The van der Waals surface area contributed by atoms with Crippen LogP contribution >= 0.6 is 0 Å². The van der Waals surface area contributed by atoms with Crippen LogP contribution in [0.2, 0.25) is 0 Å². The van der Waals surface area contributed by atoms with Gasteiger partial charge in [-0.05, 0) is 32.4 Å². The van der Waals surface area contributed by atoms with Crippen LogP contribution in [0.15, 0.2) is 24.3 Å². The number of benzene rings is 1. The molecule has 0 radical (unpaired) electrons. The van der Waals surface area contributed by atoms with Crippen LogP contribution in [0.4, 0.5) is 5.69 Å². The fourth-order valence-corrected chi connectivity index (χ4v) is 1.77. The molecule has 0 unspecified atom stereocenters. The minimum Gasteiger partial charge on any atom is -0.480 e. The summed E-state index contributed by atoms with van der Waals surface area (Å²) in [4.78, 5) is 24.5. The maximum Gasteiger partial charge on any atom is 0.320 e. The zero-order valence-corrected chi connectivity index (χ0v) is 11.5. The van der Waals surface area contributed by atoms with Crippen molar-refractivity contribution in [3.8, 4) is 0 Å². The van der Waals surface area contributed by atoms with E-state index in [2.05, 4.69) is 5.32 Å². The van der Waals surface area contributed by atoms with Crippen molar-refractivity contribution in [2.45, 2.75) is 26.8 Å². The molecular formula is C14H20N2O3. The van der Waals surface area contributed by atoms with Crippen molar-refractivity contribution in [2.24, 2.45) is 0 Å². The van der Waals surface area contributed by atoms with Gasteiger partial charge in [0.25, 0.3) is 0 Å². The first-order valence-corrected chi connectivity index (χ1v) is 6.29. The highest BCUT2D eigenvalue weighted by atomic mass is 16.4. The number of hydrogen-bond acceptors (Lipinski definition) is 3. The van der Waals surface area contributed by atoms with E-state index in [9.17, 15) is 9.59 Å². The van der Waals surface area contributed by atoms with Crippen LogP contribution in [0, 0.1) is 6.92 Å². The minimum absolute atomic E-state index is 0.00956. The van der Waals surface area contributed by atoms with Gasteiger partial charge in [-0.25, -0.2) is 0 Å². The predicted octanol–water partition coefficient (Wildman–Crippen LogP) is 1.41. The van der Waals surface area contributed by atoms with Gasteiger partial charge in [0.15, 0.2) is 0 Å². The van der Waals surface area contributed by atoms with E-state index in [1.54, 1.807) is 4.90 Å². The van der Waals surface area contributed by atoms with Crippen molar-refractivity contribution < 1.29 is 14.7 Å². The van der Waals surface area contributed by atoms with E-state index in [-0.39, 0.29) is 12.5 Å². The summed E-state index contributed by atoms with van der Waals surface area (Å²) >= 11 is 0. The molecule has 2 N–H and O–H groups in total. The molecule has 1 aromatic rings. The van der Waals surface area contributed by atoms with Gasteiger partial charge in [0.05, 0.1) is 6.54 Å². The van der Waals surface area contributed by atoms with Crippen molar-refractivity contribution in [2.75, 3.05) is 18.0 Å². The highest BCUT2D eigenvalue weighted by Crippen LogP contribution is 2.18. The Bertz CT molecular complexity index is 460. The monoisotopic (exact) mass is 264 g/mol. The number of likely N-dealkylation sites (N-methyl/N-ethyl adjacent to an activating group) is 1. The summed E-state index contributed by atoms with van der Waals surface area (Å²) in [5, 5.41) is 11.5. The number of anilines is 1. The third-order valence-corrected chi connectivity index (χ3v) is 2.95. The predicted molar refractivity (Wildman–Crippen MR) is 74.3 cm³/mol. The van der Waals surface area contributed by atoms with Crippen LogP contribution in [0.3, 0.4) is 0 Å². The van der Waals surface area contributed by atoms with Crippen LogP contribution in [0.5, 0.6) is 0 Å². The maximum atomic E-state index is 12.1. The summed E-state index contributed by atoms with van der Waals surface area (Å²) in [7, 11) is 0. The normalized spacial score (nSPS) is 11.9. The first-order chi connectivity index (χ1) is 8.97. The van der Waals surface area contributed by atoms with E-state index < -0.39 is 12.0 Å². The lowest BCUT2D eigenvalue weighted by atomic mass is 10.2. The Labute approximate surface area is 113 Å². The van der Waals surface area contributed by atoms with Crippen molar-refractivity contribution in [3.05, 3.63) is 29.8 Å². The van der Waals surface area contributed by atoms with E-state index in [1.165, 1.54) is 6.92 Å². The largest absolute Gasteiger partial charge is 0.480 e. The minimum atomic E-state index is -0.966. The topological polar surface area (TPSA) is 69.6 Å². The Morgan fingerprint density at radius 3 is 2.53 bits per heavy atom. The number of rotatable bonds is 6. The van der Waals surface area contributed by atoms with Crippen LogP contribution in [-0.2, 0) is 9.59 Å². The summed E-state index contributed by atoms with van der Waals surface area (Å²) in [6.07, 6.45) is 0. The highest BCUT2D eigenvalue weighted by molar-refractivity contribution is 5.95. The molecule has 19 heavy (non-hydrogen) atoms. The molecule has 1 amide bonds. The van der Waals surface area contributed by atoms with Crippen LogP contribution < -0.4 is 10.2 Å². The average Bonchev–Trinajstić information content (AvgIpc) is 2.38. The molecule has 0 aliphatic rings. The van der Waals surface area contributed by atoms with E-state index in [0.29, 0.717) is 6.54 Å². The number of nitrogens with zero attached hydrogens (tertiary/aromatic N) is 1. The Kier molecular flexibility index (Phi) is 5.51. The molecule has 5 heteroatoms. The summed E-state index contributed by atoms with van der Waals surface area (Å²) in [6, 6.07) is 6.89. The molecule has 0 aliphatic carbocycles. The Balaban J connectivity index is 2.73. The number of carboxylic acids is 1. The summed E-state index contributed by atoms with van der Waals surface area (Å²) in [5.41, 5.74) is 1.88. The lowest BCUT2D eigenvalue weighted by Gasteiger charge is -2.23. The van der Waals surface area contributed by atoms with E-state index in [0.717, 1.165) is 11.3 Å². The van der Waals surface area contributed by atoms with Gasteiger partial charge >= 0.3 is 5.97 Å². The molecule has 5 nitrogen and oxygen atoms in total. The zero-order chi connectivity index (χ0) is 14.4. The number of amides is 1. The number of aliphatic carboxylic acids is 1. The number of para-hydroxylation sites is 1. The summed E-state index contributed by atoms with van der Waals surface area (Å²) < 4.78 is 0. The van der Waals surface area contributed by atoms with Crippen LogP contribution in [0.25, 0.3) is 0 Å². The molecule has 1 atom stereocenters. The standard InChI is InChI=1S/C14H20N2O3/c1-4-16(12-8-6-5-7-10(12)2)13(17)9-15-11(3)14(18)19/h5-8,11,15H,4,9H2,1-3H3,(H,18,19)/t11-/m0/s1. The van der Waals surface area contributed by atoms with E-state index >= 15 is 0 Å². The summed E-state index contributed by atoms with van der Waals surface area (Å²) in [6.45, 7) is 5.91. The Morgan fingerprint density at radius 2 is 2.00 bits per heavy atom. The molecule has 0 aromatic heterocycles. The maximum absolute atomic E-state index is 12.1. The fourth-order valence-electron chi connectivity index (χ4n) is 1.77. The van der Waals surface area contributed by atoms with Gasteiger partial charge in [-0.3, -0.25) is 14.9 Å². The summed E-state index contributed by atoms with van der Waals surface area (Å²) in [5.74, 6) is -1.10. The van der Waals surface area contributed by atoms with Crippen molar-refractivity contribution in [1.29, 1.82) is 0 Å². The number of nitrogens with one attached hydrogen (secondary N) is 1. The number of carbonyl (C=O) groups excluding carboxylic acids is 1. The molecule has 0 bridgehead atoms. The van der Waals surface area contributed by atoms with Gasteiger partial charge < -0.3 is 10.0 Å². The van der Waals surface area contributed by atoms with Gasteiger partial charge in [-0.2, -0.15) is 0 Å². The van der Waals surface area contributed by atoms with E-state index in [1.807, 2.05) is 38.1 Å². The Morgan fingerprint density at radius 1 is 1.37 bits per heavy atom. The van der Waals surface area contributed by atoms with Crippen molar-refractivity contribution in [1.82, 2.24) is 5.32 Å². The molecular weight excluding hydrogens is 244 g/mol. The van der Waals surface area contributed by atoms with Crippen molar-refractivity contribution >= 4 is 17.6 Å². The van der Waals surface area contributed by atoms with Gasteiger partial charge in [0.1, 0.15) is 6.04 Å². The third-order valence-electron chi connectivity index (χ3n) is 2.95. The zero-order valence-electron chi connectivity index (χ0n) is 11.5. The second-order valence-corrected chi connectivity index (χ2v) is 4.37. The Hall–Kier alpha value is -1.88. The van der Waals surface area contributed by atoms with Gasteiger partial charge in [-0.1, -0.05) is 18.2 Å². The number of aryl methyl sites for hydroxylation is 1. The highest BCUT2D eigenvalue weighted by Gasteiger charge is 2.17. The number of carbonyl (C=O) groups is 2. The molecule has 0 saturated carbocycles. The van der Waals surface area contributed by atoms with Crippen LogP contribution in [-0.4, -0.2) is 36.1 Å². The molecule has 104 valence electrons. The van der Waals surface area contributed by atoms with Gasteiger partial charge in [0.2, 0.25) is 5.91 Å². The molecule has 1 rings (SSSR count). The van der Waals surface area contributed by atoms with Crippen LogP contribution in [0.1, 0.15) is 19.4 Å². The second-order valence-electron chi connectivity index (χ2n) is 4.37. The smallest absolute Gasteiger partial charge is 0.320 e. The lowest BCUT2D eigenvalue weighted by molar-refractivity contribution is -0.139. The third kappa shape index (κ3) is 4.06. The lowest BCUT2D eigenvalue weighted by Crippen LogP contribution is -2.43. The second kappa shape index (κ2) is 6.89. The fraction of sp³-hybridized carbons (Fsp3) is 0.429. The molecule has 0 saturated heterocycles. The average molecular weight is 264 g/mol.